The zero-order chi connectivity index (χ0) is 14.5. The SMILES string of the molecule is CSc1ccccc1NC(=O)Cn1cccc1C(=O)O. The summed E-state index contributed by atoms with van der Waals surface area (Å²) in [5.74, 6) is -1.31. The average Bonchev–Trinajstić information content (AvgIpc) is 2.87. The second-order valence-electron chi connectivity index (χ2n) is 4.07. The van der Waals surface area contributed by atoms with Gasteiger partial charge in [-0.2, -0.15) is 0 Å². The van der Waals surface area contributed by atoms with Crippen LogP contribution in [0.1, 0.15) is 10.5 Å². The van der Waals surface area contributed by atoms with Crippen LogP contribution in [0.15, 0.2) is 47.5 Å². The molecular formula is C14H14N2O3S. The van der Waals surface area contributed by atoms with Crippen LogP contribution in [-0.4, -0.2) is 27.8 Å². The molecule has 0 aliphatic heterocycles. The zero-order valence-electron chi connectivity index (χ0n) is 10.9. The number of nitrogens with zero attached hydrogens (tertiary/aromatic N) is 1. The maximum Gasteiger partial charge on any atom is 0.352 e. The van der Waals surface area contributed by atoms with E-state index in [0.717, 1.165) is 10.6 Å². The standard InChI is InChI=1S/C14H14N2O3S/c1-20-12-7-3-2-5-10(12)15-13(17)9-16-8-4-6-11(16)14(18)19/h2-8H,9H2,1H3,(H,15,17)(H,18,19). The summed E-state index contributed by atoms with van der Waals surface area (Å²) in [6.45, 7) is -0.0304. The van der Waals surface area contributed by atoms with E-state index >= 15 is 0 Å². The summed E-state index contributed by atoms with van der Waals surface area (Å²) < 4.78 is 1.40. The van der Waals surface area contributed by atoms with Crippen molar-refractivity contribution in [3.8, 4) is 0 Å². The van der Waals surface area contributed by atoms with Gasteiger partial charge in [0.25, 0.3) is 0 Å². The maximum atomic E-state index is 12.0. The number of para-hydroxylation sites is 1. The van der Waals surface area contributed by atoms with Gasteiger partial charge in [-0.1, -0.05) is 12.1 Å². The molecule has 0 bridgehead atoms. The first-order chi connectivity index (χ1) is 9.61. The van der Waals surface area contributed by atoms with Gasteiger partial charge in [-0.05, 0) is 30.5 Å². The molecule has 0 saturated heterocycles. The molecule has 0 aliphatic carbocycles. The summed E-state index contributed by atoms with van der Waals surface area (Å²) in [6, 6.07) is 10.5. The van der Waals surface area contributed by atoms with Crippen molar-refractivity contribution in [3.63, 3.8) is 0 Å². The molecule has 1 aromatic carbocycles. The topological polar surface area (TPSA) is 71.3 Å². The number of carbonyl (C=O) groups excluding carboxylic acids is 1. The van der Waals surface area contributed by atoms with Crippen molar-refractivity contribution in [2.24, 2.45) is 0 Å². The number of rotatable bonds is 5. The molecule has 0 atom stereocenters. The van der Waals surface area contributed by atoms with E-state index in [-0.39, 0.29) is 18.1 Å². The van der Waals surface area contributed by atoms with Crippen LogP contribution in [-0.2, 0) is 11.3 Å². The number of thioether (sulfide) groups is 1. The molecule has 6 heteroatoms. The van der Waals surface area contributed by atoms with Crippen molar-refractivity contribution >= 4 is 29.3 Å². The number of carboxylic acids is 1. The number of carboxylic acid groups (broad SMARTS) is 1. The summed E-state index contributed by atoms with van der Waals surface area (Å²) in [5, 5.41) is 11.8. The van der Waals surface area contributed by atoms with Crippen molar-refractivity contribution in [2.75, 3.05) is 11.6 Å². The fraction of sp³-hybridized carbons (Fsp3) is 0.143. The van der Waals surface area contributed by atoms with Crippen LogP contribution in [0.4, 0.5) is 5.69 Å². The number of aromatic nitrogens is 1. The summed E-state index contributed by atoms with van der Waals surface area (Å²) >= 11 is 1.54. The molecule has 5 nitrogen and oxygen atoms in total. The highest BCUT2D eigenvalue weighted by molar-refractivity contribution is 7.98. The Labute approximate surface area is 120 Å². The molecular weight excluding hydrogens is 276 g/mol. The molecule has 1 heterocycles. The van der Waals surface area contributed by atoms with Crippen molar-refractivity contribution in [3.05, 3.63) is 48.3 Å². The van der Waals surface area contributed by atoms with Gasteiger partial charge in [-0.25, -0.2) is 4.79 Å². The minimum absolute atomic E-state index is 0.0304. The first kappa shape index (κ1) is 14.2. The van der Waals surface area contributed by atoms with Crippen LogP contribution in [0.3, 0.4) is 0 Å². The fourth-order valence-corrected chi connectivity index (χ4v) is 2.39. The molecule has 2 rings (SSSR count). The summed E-state index contributed by atoms with van der Waals surface area (Å²) in [7, 11) is 0. The van der Waals surface area contributed by atoms with E-state index in [1.807, 2.05) is 30.5 Å². The fourth-order valence-electron chi connectivity index (χ4n) is 1.84. The number of aromatic carboxylic acids is 1. The average molecular weight is 290 g/mol. The van der Waals surface area contributed by atoms with Crippen LogP contribution in [0.5, 0.6) is 0 Å². The Morgan fingerprint density at radius 3 is 2.70 bits per heavy atom. The number of anilines is 1. The van der Waals surface area contributed by atoms with Gasteiger partial charge in [0, 0.05) is 11.1 Å². The lowest BCUT2D eigenvalue weighted by atomic mass is 10.3. The van der Waals surface area contributed by atoms with Crippen LogP contribution < -0.4 is 5.32 Å². The van der Waals surface area contributed by atoms with E-state index in [4.69, 9.17) is 5.11 Å². The van der Waals surface area contributed by atoms with Gasteiger partial charge in [0.05, 0.1) is 5.69 Å². The van der Waals surface area contributed by atoms with Gasteiger partial charge >= 0.3 is 5.97 Å². The minimum Gasteiger partial charge on any atom is -0.477 e. The molecule has 0 unspecified atom stereocenters. The van der Waals surface area contributed by atoms with Crippen LogP contribution in [0.25, 0.3) is 0 Å². The molecule has 1 amide bonds. The van der Waals surface area contributed by atoms with E-state index in [1.165, 1.54) is 22.4 Å². The Hall–Kier alpha value is -2.21. The van der Waals surface area contributed by atoms with Gasteiger partial charge in [-0.3, -0.25) is 4.79 Å². The van der Waals surface area contributed by atoms with Crippen LogP contribution >= 0.6 is 11.8 Å². The zero-order valence-corrected chi connectivity index (χ0v) is 11.7. The Bertz CT molecular complexity index is 637. The smallest absolute Gasteiger partial charge is 0.352 e. The van der Waals surface area contributed by atoms with E-state index in [1.54, 1.807) is 12.3 Å². The first-order valence-electron chi connectivity index (χ1n) is 5.93. The molecule has 2 aromatic rings. The second kappa shape index (κ2) is 6.29. The van der Waals surface area contributed by atoms with Crippen molar-refractivity contribution in [1.82, 2.24) is 4.57 Å². The van der Waals surface area contributed by atoms with E-state index in [9.17, 15) is 9.59 Å². The van der Waals surface area contributed by atoms with Crippen molar-refractivity contribution < 1.29 is 14.7 Å². The number of hydrogen-bond acceptors (Lipinski definition) is 3. The van der Waals surface area contributed by atoms with Gasteiger partial charge in [0.1, 0.15) is 12.2 Å². The van der Waals surface area contributed by atoms with Gasteiger partial charge < -0.3 is 15.0 Å². The van der Waals surface area contributed by atoms with Gasteiger partial charge in [0.2, 0.25) is 5.91 Å². The quantitative estimate of drug-likeness (QED) is 0.830. The van der Waals surface area contributed by atoms with Crippen LogP contribution in [0.2, 0.25) is 0 Å². The lowest BCUT2D eigenvalue weighted by Crippen LogP contribution is -2.21. The monoisotopic (exact) mass is 290 g/mol. The van der Waals surface area contributed by atoms with Crippen molar-refractivity contribution in [1.29, 1.82) is 0 Å². The Kier molecular flexibility index (Phi) is 4.47. The highest BCUT2D eigenvalue weighted by atomic mass is 32.2. The Morgan fingerprint density at radius 1 is 1.25 bits per heavy atom. The molecule has 0 spiro atoms. The van der Waals surface area contributed by atoms with Gasteiger partial charge in [0.15, 0.2) is 0 Å². The highest BCUT2D eigenvalue weighted by Crippen LogP contribution is 2.24. The second-order valence-corrected chi connectivity index (χ2v) is 4.92. The Morgan fingerprint density at radius 2 is 2.00 bits per heavy atom. The summed E-state index contributed by atoms with van der Waals surface area (Å²) in [5.41, 5.74) is 0.826. The highest BCUT2D eigenvalue weighted by Gasteiger charge is 2.12. The lowest BCUT2D eigenvalue weighted by Gasteiger charge is -2.10. The number of benzene rings is 1. The molecule has 1 aromatic heterocycles. The lowest BCUT2D eigenvalue weighted by molar-refractivity contribution is -0.116. The predicted molar refractivity (Wildman–Crippen MR) is 78.2 cm³/mol. The molecule has 0 saturated carbocycles. The van der Waals surface area contributed by atoms with Crippen LogP contribution in [0, 0.1) is 0 Å². The predicted octanol–water partition coefficient (Wildman–Crippen LogP) is 2.55. The third-order valence-corrected chi connectivity index (χ3v) is 3.54. The third-order valence-electron chi connectivity index (χ3n) is 2.74. The van der Waals surface area contributed by atoms with E-state index < -0.39 is 5.97 Å². The Balaban J connectivity index is 2.09. The number of nitrogens with one attached hydrogen (secondary N) is 1. The van der Waals surface area contributed by atoms with Gasteiger partial charge in [-0.15, -0.1) is 11.8 Å². The number of carbonyl (C=O) groups is 2. The number of hydrogen-bond donors (Lipinski definition) is 2. The van der Waals surface area contributed by atoms with E-state index in [0.29, 0.717) is 0 Å². The van der Waals surface area contributed by atoms with E-state index in [2.05, 4.69) is 5.32 Å². The molecule has 0 aliphatic rings. The molecule has 2 N–H and O–H groups in total. The third kappa shape index (κ3) is 3.21. The summed E-state index contributed by atoms with van der Waals surface area (Å²) in [6.07, 6.45) is 3.50. The normalized spacial score (nSPS) is 10.2. The summed E-state index contributed by atoms with van der Waals surface area (Å²) in [4.78, 5) is 23.9. The molecule has 104 valence electrons. The molecule has 20 heavy (non-hydrogen) atoms. The number of amides is 1. The minimum atomic E-state index is -1.05. The molecule has 0 fully saturated rings. The molecule has 0 radical (unpaired) electrons. The first-order valence-corrected chi connectivity index (χ1v) is 7.15. The van der Waals surface area contributed by atoms with Crippen molar-refractivity contribution in [2.45, 2.75) is 11.4 Å². The largest absolute Gasteiger partial charge is 0.477 e. The maximum absolute atomic E-state index is 12.0.